The average molecular weight is 592 g/mol. The number of carbonyl (C=O) groups is 1. The molecule has 2 aromatic heterocycles. The van der Waals surface area contributed by atoms with E-state index in [0.29, 0.717) is 26.7 Å². The van der Waals surface area contributed by atoms with Gasteiger partial charge in [-0.15, -0.1) is 17.5 Å². The number of carbonyl (C=O) groups excluding carboxylic acids is 1. The molecule has 3 aromatic rings. The maximum atomic E-state index is 13.0. The van der Waals surface area contributed by atoms with Crippen LogP contribution in [0.15, 0.2) is 30.8 Å². The number of aromatic hydroxyl groups is 1. The lowest BCUT2D eigenvalue weighted by molar-refractivity contribution is 0.0945. The number of nitrogen functional groups attached to an aromatic ring is 1. The third-order valence-corrected chi connectivity index (χ3v) is 5.85. The molecule has 4 N–H and O–H groups in total. The first-order valence-corrected chi connectivity index (χ1v) is 10.8. The lowest BCUT2D eigenvalue weighted by Gasteiger charge is -2.13. The predicted octanol–water partition coefficient (Wildman–Crippen LogP) is 2.24. The number of aromatic nitrogens is 5. The van der Waals surface area contributed by atoms with Crippen LogP contribution in [0.5, 0.6) is 5.75 Å². The van der Waals surface area contributed by atoms with E-state index in [1.807, 2.05) is 0 Å². The van der Waals surface area contributed by atoms with Crippen LogP contribution in [0.4, 0.5) is 5.82 Å². The zero-order chi connectivity index (χ0) is 22.0. The molecule has 0 bridgehead atoms. The number of phenols is 1. The van der Waals surface area contributed by atoms with E-state index in [9.17, 15) is 9.90 Å². The van der Waals surface area contributed by atoms with Crippen molar-refractivity contribution in [3.05, 3.63) is 38.0 Å². The predicted molar refractivity (Wildman–Crippen MR) is 124 cm³/mol. The Balaban J connectivity index is 0.00000289. The maximum Gasteiger partial charge on any atom is 0.292 e. The van der Waals surface area contributed by atoms with Crippen molar-refractivity contribution in [2.45, 2.75) is 19.4 Å². The molecule has 1 saturated heterocycles. The van der Waals surface area contributed by atoms with Crippen LogP contribution in [0.1, 0.15) is 34.6 Å². The van der Waals surface area contributed by atoms with Crippen LogP contribution in [0, 0.1) is 0 Å². The molecule has 0 spiro atoms. The topological polar surface area (TPSA) is 161 Å². The zero-order valence-electron chi connectivity index (χ0n) is 16.4. The highest BCUT2D eigenvalue weighted by molar-refractivity contribution is 9.11. The molecular formula is C17H18Br2ClN9O3. The fourth-order valence-corrected chi connectivity index (χ4v) is 4.39. The third-order valence-electron chi connectivity index (χ3n) is 4.64. The number of amides is 1. The van der Waals surface area contributed by atoms with Gasteiger partial charge < -0.3 is 10.8 Å². The van der Waals surface area contributed by atoms with Gasteiger partial charge in [-0.05, 0) is 85.8 Å². The van der Waals surface area contributed by atoms with Crippen LogP contribution in [0.3, 0.4) is 0 Å². The van der Waals surface area contributed by atoms with Gasteiger partial charge in [0.1, 0.15) is 11.4 Å². The first kappa shape index (κ1) is 24.1. The van der Waals surface area contributed by atoms with E-state index in [2.05, 4.69) is 72.5 Å². The third kappa shape index (κ3) is 5.09. The molecule has 170 valence electrons. The van der Waals surface area contributed by atoms with E-state index in [0.717, 1.165) is 25.9 Å². The second-order valence-electron chi connectivity index (χ2n) is 6.79. The lowest BCUT2D eigenvalue weighted by atomic mass is 10.2. The SMILES string of the molecule is Cl.Nc1nonc1-n1nnc(CN2CCCC2)c1C(=O)N/N=C/c1cc(Br)c(O)c(Br)c1. The molecule has 1 aliphatic rings. The van der Waals surface area contributed by atoms with Gasteiger partial charge >= 0.3 is 0 Å². The number of nitrogens with one attached hydrogen (secondary N) is 1. The summed E-state index contributed by atoms with van der Waals surface area (Å²) >= 11 is 6.50. The number of benzene rings is 1. The monoisotopic (exact) mass is 589 g/mol. The van der Waals surface area contributed by atoms with Crippen LogP contribution in [-0.2, 0) is 6.54 Å². The Morgan fingerprint density at radius 1 is 1.28 bits per heavy atom. The molecule has 1 amide bonds. The highest BCUT2D eigenvalue weighted by atomic mass is 79.9. The van der Waals surface area contributed by atoms with E-state index < -0.39 is 5.91 Å². The van der Waals surface area contributed by atoms with E-state index >= 15 is 0 Å². The van der Waals surface area contributed by atoms with Crippen molar-refractivity contribution in [1.29, 1.82) is 0 Å². The van der Waals surface area contributed by atoms with Gasteiger partial charge in [0.2, 0.25) is 11.6 Å². The number of phenolic OH excluding ortho intramolecular Hbond substituents is 1. The zero-order valence-corrected chi connectivity index (χ0v) is 20.4. The Morgan fingerprint density at radius 2 is 1.97 bits per heavy atom. The Morgan fingerprint density at radius 3 is 2.59 bits per heavy atom. The van der Waals surface area contributed by atoms with Gasteiger partial charge in [0, 0.05) is 6.54 Å². The number of likely N-dealkylation sites (tertiary alicyclic amines) is 1. The van der Waals surface area contributed by atoms with E-state index in [4.69, 9.17) is 5.73 Å². The minimum atomic E-state index is -0.547. The summed E-state index contributed by atoms with van der Waals surface area (Å²) in [5.41, 5.74) is 9.49. The number of nitrogens with two attached hydrogens (primary N) is 1. The Bertz CT molecular complexity index is 1120. The van der Waals surface area contributed by atoms with Crippen molar-refractivity contribution in [3.8, 4) is 11.6 Å². The summed E-state index contributed by atoms with van der Waals surface area (Å²) in [5.74, 6) is -0.425. The van der Waals surface area contributed by atoms with Crippen LogP contribution < -0.4 is 11.2 Å². The van der Waals surface area contributed by atoms with Crippen LogP contribution >= 0.6 is 44.3 Å². The minimum absolute atomic E-state index is 0. The Hall–Kier alpha value is -2.55. The van der Waals surface area contributed by atoms with Gasteiger partial charge in [0.15, 0.2) is 5.69 Å². The van der Waals surface area contributed by atoms with Gasteiger partial charge in [-0.25, -0.2) is 10.1 Å². The summed E-state index contributed by atoms with van der Waals surface area (Å²) in [5, 5.41) is 29.2. The van der Waals surface area contributed by atoms with Crippen LogP contribution in [0.25, 0.3) is 5.82 Å². The normalized spacial score (nSPS) is 14.1. The quantitative estimate of drug-likeness (QED) is 0.288. The number of rotatable bonds is 6. The summed E-state index contributed by atoms with van der Waals surface area (Å²) in [6.45, 7) is 2.30. The summed E-state index contributed by atoms with van der Waals surface area (Å²) in [4.78, 5) is 15.2. The van der Waals surface area contributed by atoms with Crippen molar-refractivity contribution in [2.75, 3.05) is 18.8 Å². The van der Waals surface area contributed by atoms with Crippen molar-refractivity contribution in [2.24, 2.45) is 5.10 Å². The fourth-order valence-electron chi connectivity index (χ4n) is 3.16. The Kier molecular flexibility index (Phi) is 7.82. The summed E-state index contributed by atoms with van der Waals surface area (Å²) in [6.07, 6.45) is 3.63. The Labute approximate surface area is 204 Å². The van der Waals surface area contributed by atoms with Gasteiger partial charge in [0.25, 0.3) is 5.91 Å². The second kappa shape index (κ2) is 10.4. The summed E-state index contributed by atoms with van der Waals surface area (Å²) in [6, 6.07) is 3.31. The smallest absolute Gasteiger partial charge is 0.292 e. The van der Waals surface area contributed by atoms with Crippen molar-refractivity contribution >= 4 is 62.2 Å². The molecule has 1 aromatic carbocycles. The number of hydrazone groups is 1. The fraction of sp³-hybridized carbons (Fsp3) is 0.294. The molecule has 4 rings (SSSR count). The maximum absolute atomic E-state index is 13.0. The molecule has 0 saturated carbocycles. The molecule has 3 heterocycles. The number of nitrogens with zero attached hydrogens (tertiary/aromatic N) is 7. The molecule has 1 fully saturated rings. The highest BCUT2D eigenvalue weighted by Gasteiger charge is 2.26. The number of halogens is 3. The molecule has 0 radical (unpaired) electrons. The second-order valence-corrected chi connectivity index (χ2v) is 8.49. The molecule has 0 unspecified atom stereocenters. The van der Waals surface area contributed by atoms with E-state index in [-0.39, 0.29) is 35.5 Å². The first-order valence-electron chi connectivity index (χ1n) is 9.20. The van der Waals surface area contributed by atoms with Crippen molar-refractivity contribution in [3.63, 3.8) is 0 Å². The van der Waals surface area contributed by atoms with Gasteiger partial charge in [-0.3, -0.25) is 9.69 Å². The average Bonchev–Trinajstić information content (AvgIpc) is 3.47. The number of anilines is 1. The number of hydrogen-bond donors (Lipinski definition) is 3. The van der Waals surface area contributed by atoms with Crippen molar-refractivity contribution < 1.29 is 14.5 Å². The van der Waals surface area contributed by atoms with Crippen molar-refractivity contribution in [1.82, 2.24) is 35.6 Å². The van der Waals surface area contributed by atoms with Gasteiger partial charge in [-0.1, -0.05) is 5.21 Å². The van der Waals surface area contributed by atoms with E-state index in [1.165, 1.54) is 10.9 Å². The standard InChI is InChI=1S/C17H17Br2N9O3.ClH/c18-10-5-9(6-11(19)14(10)29)7-21-23-17(30)13-12(8-27-3-1-2-4-27)22-26-28(13)16-15(20)24-31-25-16;/h5-7,29H,1-4,8H2,(H2,20,24)(H,23,30);1H/b21-7+;. The first-order chi connectivity index (χ1) is 14.9. The van der Waals surface area contributed by atoms with Crippen LogP contribution in [0.2, 0.25) is 0 Å². The highest BCUT2D eigenvalue weighted by Crippen LogP contribution is 2.32. The largest absolute Gasteiger partial charge is 0.506 e. The van der Waals surface area contributed by atoms with Crippen LogP contribution in [-0.4, -0.2) is 60.5 Å². The molecular weight excluding hydrogens is 574 g/mol. The molecule has 12 nitrogen and oxygen atoms in total. The molecule has 15 heteroatoms. The minimum Gasteiger partial charge on any atom is -0.506 e. The molecule has 1 aliphatic heterocycles. The molecule has 32 heavy (non-hydrogen) atoms. The summed E-state index contributed by atoms with van der Waals surface area (Å²) < 4.78 is 6.79. The van der Waals surface area contributed by atoms with E-state index in [1.54, 1.807) is 12.1 Å². The molecule has 0 aliphatic carbocycles. The van der Waals surface area contributed by atoms with Gasteiger partial charge in [-0.2, -0.15) is 9.78 Å². The summed E-state index contributed by atoms with van der Waals surface area (Å²) in [7, 11) is 0. The number of hydrogen-bond acceptors (Lipinski definition) is 10. The van der Waals surface area contributed by atoms with Gasteiger partial charge in [0.05, 0.1) is 15.2 Å². The molecule has 0 atom stereocenters. The lowest BCUT2D eigenvalue weighted by Crippen LogP contribution is -2.26.